The molecule has 1 aromatic heterocycles. The van der Waals surface area contributed by atoms with Crippen molar-refractivity contribution in [1.29, 1.82) is 0 Å². The second-order valence-electron chi connectivity index (χ2n) is 6.87. The molecule has 2 heterocycles. The van der Waals surface area contributed by atoms with Gasteiger partial charge in [-0.3, -0.25) is 4.90 Å². The molecule has 2 aromatic rings. The van der Waals surface area contributed by atoms with Crippen molar-refractivity contribution in [2.24, 2.45) is 7.05 Å². The standard InChI is InChI=1S/C19H25IN3/c1-15-9-6-7-10-17(15)22-13-14-23(20,16(22)2)19(3,4)18-11-8-12-21(18)5/h6-14,16H,1-5H3/q+1/t16-,23?/m1/s1. The molecule has 2 atom stereocenters. The van der Waals surface area contributed by atoms with Gasteiger partial charge in [-0.1, -0.05) is 18.2 Å². The average Bonchev–Trinajstić information content (AvgIpc) is 3.06. The summed E-state index contributed by atoms with van der Waals surface area (Å²) in [6.45, 7) is 9.15. The molecule has 23 heavy (non-hydrogen) atoms. The van der Waals surface area contributed by atoms with E-state index in [4.69, 9.17) is 0 Å². The van der Waals surface area contributed by atoms with Crippen LogP contribution < -0.4 is 4.90 Å². The number of quaternary nitrogens is 1. The first-order valence-electron chi connectivity index (χ1n) is 8.02. The fraction of sp³-hybridized carbons (Fsp3) is 0.368. The van der Waals surface area contributed by atoms with Gasteiger partial charge < -0.3 is 4.57 Å². The van der Waals surface area contributed by atoms with Crippen molar-refractivity contribution in [2.45, 2.75) is 39.4 Å². The fourth-order valence-corrected chi connectivity index (χ4v) is 4.32. The minimum absolute atomic E-state index is 0.0356. The zero-order valence-corrected chi connectivity index (χ0v) is 16.7. The van der Waals surface area contributed by atoms with E-state index in [1.165, 1.54) is 16.9 Å². The van der Waals surface area contributed by atoms with Crippen molar-refractivity contribution >= 4 is 28.6 Å². The SMILES string of the molecule is Cc1ccccc1N1C=C[N+](I)(C(C)(C)c2cccn2C)[C@@H]1C. The molecular formula is C19H25IN3+. The fourth-order valence-electron chi connectivity index (χ4n) is 3.66. The molecule has 1 aliphatic heterocycles. The largest absolute Gasteiger partial charge is 0.349 e. The first kappa shape index (κ1) is 16.6. The minimum atomic E-state index is -0.0356. The van der Waals surface area contributed by atoms with Gasteiger partial charge in [0.15, 0.2) is 6.17 Å². The van der Waals surface area contributed by atoms with Crippen LogP contribution in [0.3, 0.4) is 0 Å². The van der Waals surface area contributed by atoms with E-state index >= 15 is 0 Å². The average molecular weight is 422 g/mol. The molecule has 0 aliphatic carbocycles. The summed E-state index contributed by atoms with van der Waals surface area (Å²) < 4.78 is 3.05. The van der Waals surface area contributed by atoms with Gasteiger partial charge in [-0.05, 0) is 44.5 Å². The van der Waals surface area contributed by atoms with Gasteiger partial charge in [-0.25, -0.2) is 2.70 Å². The molecule has 1 unspecified atom stereocenters. The monoisotopic (exact) mass is 422 g/mol. The van der Waals surface area contributed by atoms with Gasteiger partial charge in [-0.2, -0.15) is 0 Å². The van der Waals surface area contributed by atoms with Crippen LogP contribution in [-0.2, 0) is 12.6 Å². The number of aryl methyl sites for hydroxylation is 2. The third-order valence-corrected chi connectivity index (χ3v) is 7.55. The van der Waals surface area contributed by atoms with Crippen LogP contribution in [0, 0.1) is 6.92 Å². The molecule has 0 amide bonds. The number of aromatic nitrogens is 1. The molecule has 0 fully saturated rings. The molecule has 0 radical (unpaired) electrons. The highest BCUT2D eigenvalue weighted by atomic mass is 127. The Balaban J connectivity index is 2.01. The molecular weight excluding hydrogens is 397 g/mol. The summed E-state index contributed by atoms with van der Waals surface area (Å²) in [7, 11) is 2.13. The molecule has 3 nitrogen and oxygen atoms in total. The van der Waals surface area contributed by atoms with Crippen LogP contribution in [0.25, 0.3) is 0 Å². The van der Waals surface area contributed by atoms with Crippen molar-refractivity contribution in [3.8, 4) is 0 Å². The maximum absolute atomic E-state index is 2.60. The van der Waals surface area contributed by atoms with Gasteiger partial charge in [0.1, 0.15) is 11.7 Å². The number of nitrogens with zero attached hydrogens (tertiary/aromatic N) is 3. The number of halogens is 1. The number of benzene rings is 1. The second-order valence-corrected chi connectivity index (χ2v) is 8.47. The summed E-state index contributed by atoms with van der Waals surface area (Å²) in [5.41, 5.74) is 3.91. The lowest BCUT2D eigenvalue weighted by atomic mass is 9.98. The second kappa shape index (κ2) is 5.67. The Hall–Kier alpha value is -1.27. The zero-order chi connectivity index (χ0) is 16.8. The van der Waals surface area contributed by atoms with E-state index in [1.807, 2.05) is 0 Å². The summed E-state index contributed by atoms with van der Waals surface area (Å²) in [6, 6.07) is 13.0. The number of anilines is 1. The van der Waals surface area contributed by atoms with Crippen LogP contribution in [0.2, 0.25) is 0 Å². The van der Waals surface area contributed by atoms with Gasteiger partial charge in [0.25, 0.3) is 22.9 Å². The predicted molar refractivity (Wildman–Crippen MR) is 105 cm³/mol. The van der Waals surface area contributed by atoms with Gasteiger partial charge in [0, 0.05) is 25.9 Å². The summed E-state index contributed by atoms with van der Waals surface area (Å²) in [5.74, 6) is 0. The maximum Gasteiger partial charge on any atom is 0.256 e. The highest BCUT2D eigenvalue weighted by Crippen LogP contribution is 2.47. The van der Waals surface area contributed by atoms with Crippen molar-refractivity contribution in [3.63, 3.8) is 0 Å². The Kier molecular flexibility index (Phi) is 4.09. The molecule has 0 N–H and O–H groups in total. The molecule has 122 valence electrons. The minimum Gasteiger partial charge on any atom is -0.349 e. The van der Waals surface area contributed by atoms with Gasteiger partial charge >= 0.3 is 0 Å². The first-order valence-corrected chi connectivity index (χ1v) is 8.99. The van der Waals surface area contributed by atoms with Gasteiger partial charge in [0.05, 0.1) is 11.9 Å². The Morgan fingerprint density at radius 3 is 2.43 bits per heavy atom. The lowest BCUT2D eigenvalue weighted by Gasteiger charge is -2.44. The summed E-state index contributed by atoms with van der Waals surface area (Å²) in [5, 5.41) is 0. The quantitative estimate of drug-likeness (QED) is 0.495. The lowest BCUT2D eigenvalue weighted by Crippen LogP contribution is -2.55. The molecule has 1 aromatic carbocycles. The Bertz CT molecular complexity index is 747. The summed E-state index contributed by atoms with van der Waals surface area (Å²) in [6.07, 6.45) is 7.01. The van der Waals surface area contributed by atoms with Crippen molar-refractivity contribution < 1.29 is 2.70 Å². The van der Waals surface area contributed by atoms with Crippen LogP contribution >= 0.6 is 22.9 Å². The van der Waals surface area contributed by atoms with Crippen LogP contribution in [0.1, 0.15) is 32.0 Å². The molecule has 0 saturated heterocycles. The van der Waals surface area contributed by atoms with Crippen molar-refractivity contribution in [3.05, 3.63) is 66.3 Å². The van der Waals surface area contributed by atoms with E-state index in [0.29, 0.717) is 6.17 Å². The zero-order valence-electron chi connectivity index (χ0n) is 14.5. The number of para-hydroxylation sites is 1. The molecule has 0 bridgehead atoms. The third-order valence-electron chi connectivity index (χ3n) is 5.21. The van der Waals surface area contributed by atoms with Crippen LogP contribution in [0.5, 0.6) is 0 Å². The number of hydrogen-bond acceptors (Lipinski definition) is 1. The normalized spacial score (nSPS) is 24.4. The topological polar surface area (TPSA) is 8.17 Å². The predicted octanol–water partition coefficient (Wildman–Crippen LogP) is 5.07. The van der Waals surface area contributed by atoms with E-state index in [-0.39, 0.29) is 5.54 Å². The number of rotatable bonds is 3. The molecule has 0 saturated carbocycles. The number of hydrogen-bond donors (Lipinski definition) is 0. The highest BCUT2D eigenvalue weighted by molar-refractivity contribution is 14.1. The van der Waals surface area contributed by atoms with Gasteiger partial charge in [0.2, 0.25) is 0 Å². The van der Waals surface area contributed by atoms with E-state index < -0.39 is 0 Å². The Labute approximate surface area is 153 Å². The molecule has 1 aliphatic rings. The Morgan fingerprint density at radius 2 is 1.83 bits per heavy atom. The highest BCUT2D eigenvalue weighted by Gasteiger charge is 2.52. The van der Waals surface area contributed by atoms with E-state index in [9.17, 15) is 0 Å². The van der Waals surface area contributed by atoms with E-state index in [0.717, 1.165) is 2.70 Å². The van der Waals surface area contributed by atoms with Crippen LogP contribution in [-0.4, -0.2) is 13.4 Å². The van der Waals surface area contributed by atoms with Crippen LogP contribution in [0.4, 0.5) is 5.69 Å². The summed E-state index contributed by atoms with van der Waals surface area (Å²) >= 11 is 2.60. The van der Waals surface area contributed by atoms with Crippen molar-refractivity contribution in [2.75, 3.05) is 4.90 Å². The Morgan fingerprint density at radius 1 is 1.13 bits per heavy atom. The molecule has 3 rings (SSSR count). The van der Waals surface area contributed by atoms with E-state index in [1.54, 1.807) is 0 Å². The molecule has 4 heteroatoms. The van der Waals surface area contributed by atoms with Crippen molar-refractivity contribution in [1.82, 2.24) is 4.57 Å². The van der Waals surface area contributed by atoms with Gasteiger partial charge in [-0.15, -0.1) is 0 Å². The lowest BCUT2D eigenvalue weighted by molar-refractivity contribution is -0.784. The third kappa shape index (κ3) is 2.43. The summed E-state index contributed by atoms with van der Waals surface area (Å²) in [4.78, 5) is 2.40. The smallest absolute Gasteiger partial charge is 0.256 e. The first-order chi connectivity index (χ1) is 10.8. The maximum atomic E-state index is 2.60. The van der Waals surface area contributed by atoms with E-state index in [2.05, 4.69) is 122 Å². The van der Waals surface area contributed by atoms with Crippen LogP contribution in [0.15, 0.2) is 55.0 Å². The molecule has 0 spiro atoms.